The maximum absolute atomic E-state index is 12.2. The molecule has 0 saturated carbocycles. The Balaban J connectivity index is 2.14. The summed E-state index contributed by atoms with van der Waals surface area (Å²) in [5, 5.41) is 4.40. The van der Waals surface area contributed by atoms with Gasteiger partial charge >= 0.3 is 0 Å². The van der Waals surface area contributed by atoms with Crippen molar-refractivity contribution < 1.29 is 4.55 Å². The van der Waals surface area contributed by atoms with Gasteiger partial charge in [0.1, 0.15) is 4.75 Å². The Morgan fingerprint density at radius 2 is 2.17 bits per heavy atom. The zero-order valence-electron chi connectivity index (χ0n) is 11.8. The molecule has 2 heterocycles. The smallest absolute Gasteiger partial charge is 0.136 e. The molecule has 0 amide bonds. The molecule has 4 nitrogen and oxygen atoms in total. The van der Waals surface area contributed by atoms with Gasteiger partial charge in [-0.25, -0.2) is 0 Å². The van der Waals surface area contributed by atoms with E-state index in [9.17, 15) is 4.55 Å². The highest BCUT2D eigenvalue weighted by molar-refractivity contribution is 7.90. The number of aromatic nitrogens is 2. The molecule has 0 spiro atoms. The summed E-state index contributed by atoms with van der Waals surface area (Å²) in [7, 11) is 0. The van der Waals surface area contributed by atoms with Crippen LogP contribution in [0.4, 0.5) is 0 Å². The molecule has 0 fully saturated rings. The predicted octanol–water partition coefficient (Wildman–Crippen LogP) is 2.58. The first-order valence-electron chi connectivity index (χ1n) is 6.52. The Kier molecular flexibility index (Phi) is 3.76. The minimum atomic E-state index is -1.04. The molecule has 18 heavy (non-hydrogen) atoms. The molecule has 1 aromatic heterocycles. The SMILES string of the molecule is CC(C)[C@@H]1C[C@@H](N[S+]([O-])C(C)(C)C)c2ccnn21. The van der Waals surface area contributed by atoms with E-state index in [1.165, 1.54) is 0 Å². The normalized spacial score (nSPS) is 25.5. The molecule has 5 heteroatoms. The second-order valence-corrected chi connectivity index (χ2v) is 8.30. The summed E-state index contributed by atoms with van der Waals surface area (Å²) in [4.78, 5) is 0. The van der Waals surface area contributed by atoms with Crippen molar-refractivity contribution in [3.05, 3.63) is 18.0 Å². The molecule has 1 aliphatic heterocycles. The fourth-order valence-electron chi connectivity index (χ4n) is 2.31. The maximum atomic E-state index is 12.2. The monoisotopic (exact) mass is 269 g/mol. The second-order valence-electron chi connectivity index (χ2n) is 6.30. The minimum Gasteiger partial charge on any atom is -0.598 e. The van der Waals surface area contributed by atoms with E-state index in [0.29, 0.717) is 12.0 Å². The van der Waals surface area contributed by atoms with Gasteiger partial charge in [-0.15, -0.1) is 4.72 Å². The fourth-order valence-corrected chi connectivity index (χ4v) is 3.14. The van der Waals surface area contributed by atoms with Gasteiger partial charge in [0.15, 0.2) is 0 Å². The molecule has 3 atom stereocenters. The van der Waals surface area contributed by atoms with Crippen molar-refractivity contribution in [2.45, 2.75) is 57.9 Å². The van der Waals surface area contributed by atoms with Gasteiger partial charge in [-0.1, -0.05) is 13.8 Å². The summed E-state index contributed by atoms with van der Waals surface area (Å²) >= 11 is -1.04. The van der Waals surface area contributed by atoms with Crippen LogP contribution in [0, 0.1) is 5.92 Å². The first kappa shape index (κ1) is 13.9. The van der Waals surface area contributed by atoms with Gasteiger partial charge in [0.05, 0.1) is 17.8 Å². The zero-order valence-corrected chi connectivity index (χ0v) is 12.6. The molecule has 1 aromatic rings. The highest BCUT2D eigenvalue weighted by Gasteiger charge is 2.38. The summed E-state index contributed by atoms with van der Waals surface area (Å²) < 4.78 is 17.3. The van der Waals surface area contributed by atoms with Gasteiger partial charge in [0, 0.05) is 17.6 Å². The molecule has 0 aromatic carbocycles. The first-order chi connectivity index (χ1) is 8.30. The van der Waals surface area contributed by atoms with Crippen LogP contribution in [0.15, 0.2) is 12.3 Å². The van der Waals surface area contributed by atoms with Gasteiger partial charge < -0.3 is 4.55 Å². The lowest BCUT2D eigenvalue weighted by atomic mass is 10.0. The molecule has 1 unspecified atom stereocenters. The maximum Gasteiger partial charge on any atom is 0.136 e. The van der Waals surface area contributed by atoms with Crippen LogP contribution in [0.2, 0.25) is 0 Å². The molecule has 2 rings (SSSR count). The summed E-state index contributed by atoms with van der Waals surface area (Å²) in [5.74, 6) is 0.540. The van der Waals surface area contributed by atoms with Crippen LogP contribution in [0.5, 0.6) is 0 Å². The van der Waals surface area contributed by atoms with Gasteiger partial charge in [-0.05, 0) is 39.2 Å². The Bertz CT molecular complexity index is 411. The molecule has 0 radical (unpaired) electrons. The number of hydrogen-bond acceptors (Lipinski definition) is 3. The molecule has 102 valence electrons. The zero-order chi connectivity index (χ0) is 13.5. The van der Waals surface area contributed by atoms with E-state index < -0.39 is 11.4 Å². The van der Waals surface area contributed by atoms with Crippen molar-refractivity contribution in [2.75, 3.05) is 0 Å². The van der Waals surface area contributed by atoms with Crippen LogP contribution in [0.25, 0.3) is 0 Å². The standard InChI is InChI=1S/C13H23N3OS/c1-9(2)12-8-10(11-6-7-14-16(11)12)15-18(17)13(3,4)5/h6-7,9-10,12,15H,8H2,1-5H3/t10-,12+,18?/m1/s1. The van der Waals surface area contributed by atoms with Crippen LogP contribution >= 0.6 is 0 Å². The third kappa shape index (κ3) is 2.58. The topological polar surface area (TPSA) is 52.9 Å². The van der Waals surface area contributed by atoms with Crippen LogP contribution in [0.3, 0.4) is 0 Å². The van der Waals surface area contributed by atoms with Crippen molar-refractivity contribution in [1.82, 2.24) is 14.5 Å². The summed E-state index contributed by atoms with van der Waals surface area (Å²) in [5.41, 5.74) is 1.16. The molecular weight excluding hydrogens is 246 g/mol. The summed E-state index contributed by atoms with van der Waals surface area (Å²) in [6.45, 7) is 10.4. The van der Waals surface area contributed by atoms with E-state index in [1.807, 2.05) is 33.0 Å². The lowest BCUT2D eigenvalue weighted by Gasteiger charge is -2.26. The average molecular weight is 269 g/mol. The molecule has 0 aliphatic carbocycles. The van der Waals surface area contributed by atoms with E-state index in [0.717, 1.165) is 12.1 Å². The number of nitrogens with zero attached hydrogens (tertiary/aromatic N) is 2. The van der Waals surface area contributed by atoms with Crippen molar-refractivity contribution in [3.63, 3.8) is 0 Å². The Hall–Kier alpha value is -0.520. The van der Waals surface area contributed by atoms with Crippen molar-refractivity contribution in [2.24, 2.45) is 5.92 Å². The average Bonchev–Trinajstić information content (AvgIpc) is 2.79. The third-order valence-electron chi connectivity index (χ3n) is 3.42. The summed E-state index contributed by atoms with van der Waals surface area (Å²) in [6.07, 6.45) is 2.81. The van der Waals surface area contributed by atoms with E-state index >= 15 is 0 Å². The quantitative estimate of drug-likeness (QED) is 0.858. The van der Waals surface area contributed by atoms with Gasteiger partial charge in [0.25, 0.3) is 0 Å². The molecular formula is C13H23N3OS. The van der Waals surface area contributed by atoms with Gasteiger partial charge in [-0.2, -0.15) is 5.10 Å². The molecule has 0 saturated heterocycles. The number of nitrogens with one attached hydrogen (secondary N) is 1. The number of rotatable bonds is 3. The fraction of sp³-hybridized carbons (Fsp3) is 0.769. The largest absolute Gasteiger partial charge is 0.598 e. The predicted molar refractivity (Wildman–Crippen MR) is 74.5 cm³/mol. The van der Waals surface area contributed by atoms with E-state index in [2.05, 4.69) is 28.4 Å². The van der Waals surface area contributed by atoms with E-state index in [-0.39, 0.29) is 10.8 Å². The highest BCUT2D eigenvalue weighted by Crippen LogP contribution is 2.38. The lowest BCUT2D eigenvalue weighted by Crippen LogP contribution is -2.40. The number of hydrogen-bond donors (Lipinski definition) is 1. The van der Waals surface area contributed by atoms with Crippen LogP contribution < -0.4 is 4.72 Å². The van der Waals surface area contributed by atoms with Crippen LogP contribution in [0.1, 0.15) is 58.8 Å². The van der Waals surface area contributed by atoms with Crippen molar-refractivity contribution >= 4 is 11.4 Å². The van der Waals surface area contributed by atoms with Crippen LogP contribution in [-0.2, 0) is 11.4 Å². The van der Waals surface area contributed by atoms with Crippen LogP contribution in [-0.4, -0.2) is 19.1 Å². The minimum absolute atomic E-state index is 0.153. The Morgan fingerprint density at radius 3 is 2.72 bits per heavy atom. The Labute approximate surface area is 112 Å². The first-order valence-corrected chi connectivity index (χ1v) is 7.67. The second kappa shape index (κ2) is 4.87. The molecule has 1 N–H and O–H groups in total. The molecule has 1 aliphatic rings. The van der Waals surface area contributed by atoms with E-state index in [1.54, 1.807) is 0 Å². The van der Waals surface area contributed by atoms with Gasteiger partial charge in [-0.3, -0.25) is 4.68 Å². The number of fused-ring (bicyclic) bond motifs is 1. The lowest BCUT2D eigenvalue weighted by molar-refractivity contribution is 0.352. The Morgan fingerprint density at radius 1 is 1.50 bits per heavy atom. The van der Waals surface area contributed by atoms with Crippen molar-refractivity contribution in [3.8, 4) is 0 Å². The van der Waals surface area contributed by atoms with Crippen molar-refractivity contribution in [1.29, 1.82) is 0 Å². The van der Waals surface area contributed by atoms with E-state index in [4.69, 9.17) is 0 Å². The summed E-state index contributed by atoms with van der Waals surface area (Å²) in [6, 6.07) is 2.59. The third-order valence-corrected chi connectivity index (χ3v) is 5.04. The molecule has 0 bridgehead atoms. The highest BCUT2D eigenvalue weighted by atomic mass is 32.2. The van der Waals surface area contributed by atoms with Gasteiger partial charge in [0.2, 0.25) is 0 Å².